The Morgan fingerprint density at radius 3 is 1.88 bits per heavy atom. The summed E-state index contributed by atoms with van der Waals surface area (Å²) in [5, 5.41) is 10.5. The van der Waals surface area contributed by atoms with Crippen molar-refractivity contribution in [1.29, 1.82) is 0 Å². The number of aliphatic hydroxyl groups excluding tert-OH is 1. The van der Waals surface area contributed by atoms with E-state index in [1.807, 2.05) is 36.4 Å². The molecule has 134 valence electrons. The highest BCUT2D eigenvalue weighted by atomic mass is 16.5. The van der Waals surface area contributed by atoms with Crippen LogP contribution in [0.2, 0.25) is 0 Å². The van der Waals surface area contributed by atoms with Gasteiger partial charge in [-0.15, -0.1) is 0 Å². The van der Waals surface area contributed by atoms with Crippen LogP contribution in [0.15, 0.2) is 48.5 Å². The van der Waals surface area contributed by atoms with Gasteiger partial charge in [0.2, 0.25) is 0 Å². The van der Waals surface area contributed by atoms with Gasteiger partial charge in [0, 0.05) is 38.4 Å². The van der Waals surface area contributed by atoms with E-state index in [0.717, 1.165) is 43.2 Å². The maximum absolute atomic E-state index is 10.5. The number of hydrogen-bond donors (Lipinski definition) is 1. The van der Waals surface area contributed by atoms with Gasteiger partial charge in [0.05, 0.1) is 20.3 Å². The number of anilines is 1. The Balaban J connectivity index is 1.51. The number of methoxy groups -OCH3 is 2. The molecule has 0 unspecified atom stereocenters. The molecule has 1 N–H and O–H groups in total. The first-order chi connectivity index (χ1) is 12.2. The van der Waals surface area contributed by atoms with Gasteiger partial charge in [0.15, 0.2) is 0 Å². The zero-order valence-electron chi connectivity index (χ0n) is 14.9. The average Bonchev–Trinajstić information content (AvgIpc) is 2.68. The molecule has 0 spiro atoms. The Morgan fingerprint density at radius 1 is 0.840 bits per heavy atom. The topological polar surface area (TPSA) is 45.2 Å². The summed E-state index contributed by atoms with van der Waals surface area (Å²) in [4.78, 5) is 4.69. The van der Waals surface area contributed by atoms with Crippen LogP contribution >= 0.6 is 0 Å². The van der Waals surface area contributed by atoms with Gasteiger partial charge in [-0.05, 0) is 42.0 Å². The van der Waals surface area contributed by atoms with Gasteiger partial charge in [0.25, 0.3) is 0 Å². The van der Waals surface area contributed by atoms with E-state index in [2.05, 4.69) is 21.9 Å². The Kier molecular flexibility index (Phi) is 5.79. The fourth-order valence-electron chi connectivity index (χ4n) is 3.16. The molecule has 3 rings (SSSR count). The number of β-amino-alcohol motifs (C(OH)–C–C–N with tert-alkyl or cyclic N) is 1. The number of aliphatic hydroxyl groups is 1. The zero-order valence-corrected chi connectivity index (χ0v) is 14.9. The van der Waals surface area contributed by atoms with Crippen LogP contribution in [-0.2, 0) is 0 Å². The minimum absolute atomic E-state index is 0.474. The number of piperazine rings is 1. The summed E-state index contributed by atoms with van der Waals surface area (Å²) in [5.74, 6) is 1.69. The highest BCUT2D eigenvalue weighted by Crippen LogP contribution is 2.22. The predicted octanol–water partition coefficient (Wildman–Crippen LogP) is 2.56. The predicted molar refractivity (Wildman–Crippen MR) is 99.6 cm³/mol. The standard InChI is InChI=1S/C20H26N2O3/c1-24-18-7-3-16(4-8-18)20(23)15-21-11-13-22(14-12-21)17-5-9-19(25-2)10-6-17/h3-10,20,23H,11-15H2,1-2H3/t20-/m1/s1. The van der Waals surface area contributed by atoms with Crippen LogP contribution in [0.4, 0.5) is 5.69 Å². The fraction of sp³-hybridized carbons (Fsp3) is 0.400. The van der Waals surface area contributed by atoms with Crippen LogP contribution in [0.25, 0.3) is 0 Å². The maximum atomic E-state index is 10.5. The first-order valence-corrected chi connectivity index (χ1v) is 8.63. The van der Waals surface area contributed by atoms with Crippen molar-refractivity contribution in [3.63, 3.8) is 0 Å². The molecule has 1 heterocycles. The van der Waals surface area contributed by atoms with Crippen molar-refractivity contribution in [2.24, 2.45) is 0 Å². The number of ether oxygens (including phenoxy) is 2. The number of nitrogens with zero attached hydrogens (tertiary/aromatic N) is 2. The smallest absolute Gasteiger partial charge is 0.119 e. The molecular formula is C20H26N2O3. The van der Waals surface area contributed by atoms with Gasteiger partial charge in [-0.25, -0.2) is 0 Å². The molecule has 0 aliphatic carbocycles. The second-order valence-electron chi connectivity index (χ2n) is 6.27. The second-order valence-corrected chi connectivity index (χ2v) is 6.27. The third kappa shape index (κ3) is 4.44. The molecule has 2 aromatic carbocycles. The van der Waals surface area contributed by atoms with E-state index >= 15 is 0 Å². The van der Waals surface area contributed by atoms with Crippen molar-refractivity contribution < 1.29 is 14.6 Å². The van der Waals surface area contributed by atoms with Crippen molar-refractivity contribution in [2.45, 2.75) is 6.10 Å². The monoisotopic (exact) mass is 342 g/mol. The first kappa shape index (κ1) is 17.6. The molecule has 2 aromatic rings. The largest absolute Gasteiger partial charge is 0.497 e. The molecule has 0 aromatic heterocycles. The van der Waals surface area contributed by atoms with E-state index in [1.54, 1.807) is 14.2 Å². The lowest BCUT2D eigenvalue weighted by Crippen LogP contribution is -2.47. The first-order valence-electron chi connectivity index (χ1n) is 8.63. The van der Waals surface area contributed by atoms with Gasteiger partial charge in [0.1, 0.15) is 11.5 Å². The Bertz CT molecular complexity index is 650. The van der Waals surface area contributed by atoms with E-state index in [1.165, 1.54) is 5.69 Å². The molecule has 0 amide bonds. The van der Waals surface area contributed by atoms with Crippen LogP contribution in [0, 0.1) is 0 Å². The maximum Gasteiger partial charge on any atom is 0.119 e. The highest BCUT2D eigenvalue weighted by molar-refractivity contribution is 5.49. The molecule has 1 saturated heterocycles. The molecule has 1 aliphatic rings. The van der Waals surface area contributed by atoms with E-state index in [9.17, 15) is 5.11 Å². The van der Waals surface area contributed by atoms with Crippen LogP contribution in [0.1, 0.15) is 11.7 Å². The molecular weight excluding hydrogens is 316 g/mol. The quantitative estimate of drug-likeness (QED) is 0.874. The summed E-state index contributed by atoms with van der Waals surface area (Å²) < 4.78 is 10.4. The second kappa shape index (κ2) is 8.23. The lowest BCUT2D eigenvalue weighted by molar-refractivity contribution is 0.109. The van der Waals surface area contributed by atoms with Crippen LogP contribution in [-0.4, -0.2) is 56.9 Å². The molecule has 1 atom stereocenters. The van der Waals surface area contributed by atoms with Crippen molar-refractivity contribution >= 4 is 5.69 Å². The molecule has 5 heteroatoms. The normalized spacial score (nSPS) is 16.5. The van der Waals surface area contributed by atoms with E-state index in [-0.39, 0.29) is 0 Å². The number of rotatable bonds is 6. The third-order valence-corrected chi connectivity index (χ3v) is 4.74. The SMILES string of the molecule is COc1ccc([C@H](O)CN2CCN(c3ccc(OC)cc3)CC2)cc1. The molecule has 0 bridgehead atoms. The summed E-state index contributed by atoms with van der Waals surface area (Å²) in [6.07, 6.45) is -0.474. The van der Waals surface area contributed by atoms with Gasteiger partial charge >= 0.3 is 0 Å². The third-order valence-electron chi connectivity index (χ3n) is 4.74. The van der Waals surface area contributed by atoms with Crippen LogP contribution < -0.4 is 14.4 Å². The summed E-state index contributed by atoms with van der Waals surface area (Å²) in [7, 11) is 3.33. The lowest BCUT2D eigenvalue weighted by atomic mass is 10.1. The molecule has 0 radical (unpaired) electrons. The van der Waals surface area contributed by atoms with E-state index in [4.69, 9.17) is 9.47 Å². The Morgan fingerprint density at radius 2 is 1.36 bits per heavy atom. The van der Waals surface area contributed by atoms with Gasteiger partial charge in [-0.3, -0.25) is 4.90 Å². The minimum Gasteiger partial charge on any atom is -0.497 e. The molecule has 25 heavy (non-hydrogen) atoms. The molecule has 5 nitrogen and oxygen atoms in total. The molecule has 0 saturated carbocycles. The Hall–Kier alpha value is -2.24. The lowest BCUT2D eigenvalue weighted by Gasteiger charge is -2.37. The van der Waals surface area contributed by atoms with E-state index in [0.29, 0.717) is 6.54 Å². The highest BCUT2D eigenvalue weighted by Gasteiger charge is 2.20. The fourth-order valence-corrected chi connectivity index (χ4v) is 3.16. The molecule has 1 aliphatic heterocycles. The van der Waals surface area contributed by atoms with Gasteiger partial charge in [-0.1, -0.05) is 12.1 Å². The average molecular weight is 342 g/mol. The summed E-state index contributed by atoms with van der Waals surface area (Å²) >= 11 is 0. The van der Waals surface area contributed by atoms with Crippen molar-refractivity contribution in [3.8, 4) is 11.5 Å². The number of hydrogen-bond acceptors (Lipinski definition) is 5. The van der Waals surface area contributed by atoms with Crippen LogP contribution in [0.3, 0.4) is 0 Å². The summed E-state index contributed by atoms with van der Waals surface area (Å²) in [6.45, 7) is 4.46. The zero-order chi connectivity index (χ0) is 17.6. The summed E-state index contributed by atoms with van der Waals surface area (Å²) in [5.41, 5.74) is 2.15. The van der Waals surface area contributed by atoms with E-state index < -0.39 is 6.10 Å². The van der Waals surface area contributed by atoms with Crippen molar-refractivity contribution in [3.05, 3.63) is 54.1 Å². The van der Waals surface area contributed by atoms with Crippen molar-refractivity contribution in [2.75, 3.05) is 51.8 Å². The van der Waals surface area contributed by atoms with Crippen molar-refractivity contribution in [1.82, 2.24) is 4.90 Å². The van der Waals surface area contributed by atoms with Gasteiger partial charge in [-0.2, -0.15) is 0 Å². The Labute approximate surface area is 149 Å². The number of benzene rings is 2. The summed E-state index contributed by atoms with van der Waals surface area (Å²) in [6, 6.07) is 15.8. The minimum atomic E-state index is -0.474. The molecule has 1 fully saturated rings. The van der Waals surface area contributed by atoms with Gasteiger partial charge < -0.3 is 19.5 Å². The van der Waals surface area contributed by atoms with Crippen LogP contribution in [0.5, 0.6) is 11.5 Å².